The molecule has 2 N–H and O–H groups in total. The van der Waals surface area contributed by atoms with Crippen LogP contribution in [0, 0.1) is 0 Å². The van der Waals surface area contributed by atoms with E-state index in [4.69, 9.17) is 15.2 Å². The number of rotatable bonds is 4. The Hall–Kier alpha value is -2.15. The maximum Gasteiger partial charge on any atom is 0.188 e. The van der Waals surface area contributed by atoms with E-state index in [-0.39, 0.29) is 6.54 Å². The van der Waals surface area contributed by atoms with Gasteiger partial charge in [0.1, 0.15) is 17.2 Å². The molecule has 0 saturated carbocycles. The first kappa shape index (κ1) is 11.3. The number of nitrogens with zero attached hydrogens (tertiary/aromatic N) is 4. The number of tetrazole rings is 1. The molecule has 90 valence electrons. The molecule has 0 aliphatic rings. The Labute approximate surface area is 98.1 Å². The Morgan fingerprint density at radius 1 is 1.29 bits per heavy atom. The first-order chi connectivity index (χ1) is 8.28. The molecular formula is C10H13N5O2. The largest absolute Gasteiger partial charge is 0.497 e. The standard InChI is InChI=1S/C10H13N5O2/c1-16-7-3-4-8(9(5-7)17-2)15-13-10(6-11)12-14-15/h3-5H,6,11H2,1-2H3. The van der Waals surface area contributed by atoms with Gasteiger partial charge in [-0.3, -0.25) is 0 Å². The average molecular weight is 235 g/mol. The van der Waals surface area contributed by atoms with Crippen molar-refractivity contribution in [1.82, 2.24) is 20.2 Å². The van der Waals surface area contributed by atoms with Crippen LogP contribution in [0.1, 0.15) is 5.82 Å². The fourth-order valence-corrected chi connectivity index (χ4v) is 1.38. The van der Waals surface area contributed by atoms with Gasteiger partial charge in [0.2, 0.25) is 0 Å². The second-order valence-corrected chi connectivity index (χ2v) is 3.24. The van der Waals surface area contributed by atoms with E-state index in [9.17, 15) is 0 Å². The molecule has 7 heteroatoms. The Morgan fingerprint density at radius 2 is 2.12 bits per heavy atom. The molecule has 17 heavy (non-hydrogen) atoms. The zero-order valence-corrected chi connectivity index (χ0v) is 9.62. The van der Waals surface area contributed by atoms with Crippen LogP contribution in [-0.2, 0) is 6.54 Å². The normalized spacial score (nSPS) is 10.3. The van der Waals surface area contributed by atoms with Gasteiger partial charge in [0.25, 0.3) is 0 Å². The zero-order valence-electron chi connectivity index (χ0n) is 9.62. The SMILES string of the molecule is COc1ccc(-n2nnc(CN)n2)c(OC)c1. The van der Waals surface area contributed by atoms with E-state index in [0.29, 0.717) is 23.0 Å². The van der Waals surface area contributed by atoms with Gasteiger partial charge in [-0.25, -0.2) is 0 Å². The molecule has 0 radical (unpaired) electrons. The Morgan fingerprint density at radius 3 is 2.71 bits per heavy atom. The lowest BCUT2D eigenvalue weighted by Crippen LogP contribution is -2.04. The quantitative estimate of drug-likeness (QED) is 0.810. The van der Waals surface area contributed by atoms with Crippen LogP contribution in [0.5, 0.6) is 11.5 Å². The van der Waals surface area contributed by atoms with Gasteiger partial charge in [-0.2, -0.15) is 0 Å². The molecule has 0 unspecified atom stereocenters. The molecule has 7 nitrogen and oxygen atoms in total. The second-order valence-electron chi connectivity index (χ2n) is 3.24. The molecule has 2 aromatic rings. The van der Waals surface area contributed by atoms with E-state index in [2.05, 4.69) is 15.4 Å². The highest BCUT2D eigenvalue weighted by atomic mass is 16.5. The maximum atomic E-state index is 5.43. The van der Waals surface area contributed by atoms with Crippen molar-refractivity contribution in [3.8, 4) is 17.2 Å². The molecule has 1 aromatic heterocycles. The summed E-state index contributed by atoms with van der Waals surface area (Å²) < 4.78 is 10.4. The number of hydrogen-bond donors (Lipinski definition) is 1. The van der Waals surface area contributed by atoms with Crippen LogP contribution in [-0.4, -0.2) is 34.4 Å². The number of nitrogens with two attached hydrogens (primary N) is 1. The summed E-state index contributed by atoms with van der Waals surface area (Å²) in [7, 11) is 3.16. The van der Waals surface area contributed by atoms with Crippen molar-refractivity contribution in [1.29, 1.82) is 0 Å². The fraction of sp³-hybridized carbons (Fsp3) is 0.300. The summed E-state index contributed by atoms with van der Waals surface area (Å²) in [5, 5.41) is 11.8. The van der Waals surface area contributed by atoms with Crippen LogP contribution < -0.4 is 15.2 Å². The lowest BCUT2D eigenvalue weighted by molar-refractivity contribution is 0.391. The number of hydrogen-bond acceptors (Lipinski definition) is 6. The fourth-order valence-electron chi connectivity index (χ4n) is 1.38. The van der Waals surface area contributed by atoms with Crippen molar-refractivity contribution in [2.24, 2.45) is 5.73 Å². The number of ether oxygens (including phenoxy) is 2. The molecule has 0 amide bonds. The third-order valence-electron chi connectivity index (χ3n) is 2.24. The van der Waals surface area contributed by atoms with Crippen LogP contribution in [0.4, 0.5) is 0 Å². The van der Waals surface area contributed by atoms with Crippen LogP contribution in [0.25, 0.3) is 5.69 Å². The van der Waals surface area contributed by atoms with Crippen molar-refractivity contribution in [2.75, 3.05) is 14.2 Å². The third-order valence-corrected chi connectivity index (χ3v) is 2.24. The summed E-state index contributed by atoms with van der Waals surface area (Å²) in [5.74, 6) is 1.78. The first-order valence-electron chi connectivity index (χ1n) is 5.00. The van der Waals surface area contributed by atoms with Crippen molar-refractivity contribution in [3.63, 3.8) is 0 Å². The average Bonchev–Trinajstić information content (AvgIpc) is 2.86. The van der Waals surface area contributed by atoms with Crippen molar-refractivity contribution >= 4 is 0 Å². The van der Waals surface area contributed by atoms with Gasteiger partial charge in [-0.15, -0.1) is 15.0 Å². The molecule has 0 saturated heterocycles. The van der Waals surface area contributed by atoms with Crippen LogP contribution in [0.15, 0.2) is 18.2 Å². The van der Waals surface area contributed by atoms with Gasteiger partial charge in [0.05, 0.1) is 20.8 Å². The number of benzene rings is 1. The zero-order chi connectivity index (χ0) is 12.3. The minimum absolute atomic E-state index is 0.248. The molecule has 0 aliphatic carbocycles. The highest BCUT2D eigenvalue weighted by Gasteiger charge is 2.10. The molecule has 1 heterocycles. The van der Waals surface area contributed by atoms with Gasteiger partial charge in [-0.05, 0) is 17.3 Å². The highest BCUT2D eigenvalue weighted by Crippen LogP contribution is 2.26. The number of aromatic nitrogens is 4. The number of methoxy groups -OCH3 is 2. The predicted molar refractivity (Wildman–Crippen MR) is 60.1 cm³/mol. The van der Waals surface area contributed by atoms with Gasteiger partial charge in [-0.1, -0.05) is 0 Å². The summed E-state index contributed by atoms with van der Waals surface area (Å²) in [6.07, 6.45) is 0. The topological polar surface area (TPSA) is 88.1 Å². The molecule has 0 aliphatic heterocycles. The van der Waals surface area contributed by atoms with Gasteiger partial charge < -0.3 is 15.2 Å². The van der Waals surface area contributed by atoms with Crippen molar-refractivity contribution in [3.05, 3.63) is 24.0 Å². The van der Waals surface area contributed by atoms with E-state index < -0.39 is 0 Å². The Kier molecular flexibility index (Phi) is 3.20. The van der Waals surface area contributed by atoms with E-state index >= 15 is 0 Å². The molecule has 0 spiro atoms. The molecule has 2 rings (SSSR count). The molecule has 0 bridgehead atoms. The first-order valence-corrected chi connectivity index (χ1v) is 5.00. The Balaban J connectivity index is 2.43. The summed E-state index contributed by atoms with van der Waals surface area (Å²) in [4.78, 5) is 1.38. The van der Waals surface area contributed by atoms with Gasteiger partial charge >= 0.3 is 0 Å². The summed E-state index contributed by atoms with van der Waals surface area (Å²) in [6, 6.07) is 5.34. The minimum atomic E-state index is 0.248. The van der Waals surface area contributed by atoms with E-state index in [0.717, 1.165) is 0 Å². The predicted octanol–water partition coefficient (Wildman–Crippen LogP) is 0.138. The molecular weight excluding hydrogens is 222 g/mol. The monoisotopic (exact) mass is 235 g/mol. The summed E-state index contributed by atoms with van der Waals surface area (Å²) >= 11 is 0. The third kappa shape index (κ3) is 2.18. The molecule has 1 aromatic carbocycles. The van der Waals surface area contributed by atoms with E-state index in [1.165, 1.54) is 4.80 Å². The van der Waals surface area contributed by atoms with Gasteiger partial charge in [0, 0.05) is 6.07 Å². The van der Waals surface area contributed by atoms with E-state index in [1.807, 2.05) is 0 Å². The summed E-state index contributed by atoms with van der Waals surface area (Å²) in [6.45, 7) is 0.248. The maximum absolute atomic E-state index is 5.43. The Bertz CT molecular complexity index is 511. The highest BCUT2D eigenvalue weighted by molar-refractivity contribution is 5.49. The van der Waals surface area contributed by atoms with Gasteiger partial charge in [0.15, 0.2) is 5.82 Å². The molecule has 0 atom stereocenters. The molecule has 0 fully saturated rings. The van der Waals surface area contributed by atoms with Crippen molar-refractivity contribution in [2.45, 2.75) is 6.54 Å². The minimum Gasteiger partial charge on any atom is -0.497 e. The van der Waals surface area contributed by atoms with Crippen LogP contribution in [0.3, 0.4) is 0 Å². The second kappa shape index (κ2) is 4.79. The lowest BCUT2D eigenvalue weighted by atomic mass is 10.3. The van der Waals surface area contributed by atoms with Crippen LogP contribution >= 0.6 is 0 Å². The van der Waals surface area contributed by atoms with E-state index in [1.54, 1.807) is 32.4 Å². The summed E-state index contributed by atoms with van der Waals surface area (Å²) in [5.41, 5.74) is 6.11. The van der Waals surface area contributed by atoms with Crippen LogP contribution in [0.2, 0.25) is 0 Å². The van der Waals surface area contributed by atoms with Crippen molar-refractivity contribution < 1.29 is 9.47 Å². The smallest absolute Gasteiger partial charge is 0.188 e. The lowest BCUT2D eigenvalue weighted by Gasteiger charge is -2.08.